The van der Waals surface area contributed by atoms with Crippen LogP contribution >= 0.6 is 23.5 Å². The lowest BCUT2D eigenvalue weighted by atomic mass is 10.3. The fraction of sp³-hybridized carbons (Fsp3) is 0.462. The normalized spacial score (nSPS) is 12.2. The first kappa shape index (κ1) is 12.9. The standard InChI is InChI=1S/C13H18N2S2/c1-9(2)15(10(3)4)17-13-11-7-5-6-8-12(11)16-14-13/h5-10H,1-4H3. The van der Waals surface area contributed by atoms with Crippen LogP contribution in [-0.4, -0.2) is 20.8 Å². The van der Waals surface area contributed by atoms with Crippen molar-refractivity contribution in [3.05, 3.63) is 24.3 Å². The molecule has 0 amide bonds. The van der Waals surface area contributed by atoms with Gasteiger partial charge in [0.1, 0.15) is 5.03 Å². The van der Waals surface area contributed by atoms with Crippen molar-refractivity contribution in [3.8, 4) is 0 Å². The molecule has 0 fully saturated rings. The molecule has 0 bridgehead atoms. The van der Waals surface area contributed by atoms with Crippen LogP contribution in [0.25, 0.3) is 10.1 Å². The number of nitrogens with zero attached hydrogens (tertiary/aromatic N) is 2. The van der Waals surface area contributed by atoms with Crippen LogP contribution in [0.5, 0.6) is 0 Å². The fourth-order valence-electron chi connectivity index (χ4n) is 1.84. The minimum absolute atomic E-state index is 0.514. The van der Waals surface area contributed by atoms with Gasteiger partial charge in [-0.2, -0.15) is 4.37 Å². The van der Waals surface area contributed by atoms with Gasteiger partial charge in [-0.3, -0.25) is 0 Å². The molecule has 0 radical (unpaired) electrons. The highest BCUT2D eigenvalue weighted by molar-refractivity contribution is 7.97. The van der Waals surface area contributed by atoms with Gasteiger partial charge in [-0.05, 0) is 57.2 Å². The number of hydrogen-bond acceptors (Lipinski definition) is 4. The van der Waals surface area contributed by atoms with Gasteiger partial charge in [0.2, 0.25) is 0 Å². The Bertz CT molecular complexity index is 483. The largest absolute Gasteiger partial charge is 0.240 e. The molecule has 17 heavy (non-hydrogen) atoms. The predicted octanol–water partition coefficient (Wildman–Crippen LogP) is 4.42. The lowest BCUT2D eigenvalue weighted by Gasteiger charge is -2.28. The van der Waals surface area contributed by atoms with Crippen LogP contribution in [0, 0.1) is 0 Å². The van der Waals surface area contributed by atoms with Crippen molar-refractivity contribution in [1.82, 2.24) is 8.68 Å². The van der Waals surface area contributed by atoms with E-state index in [1.807, 2.05) is 0 Å². The van der Waals surface area contributed by atoms with Gasteiger partial charge in [-0.15, -0.1) is 0 Å². The predicted molar refractivity (Wildman–Crippen MR) is 77.6 cm³/mol. The summed E-state index contributed by atoms with van der Waals surface area (Å²) in [4.78, 5) is 0. The monoisotopic (exact) mass is 266 g/mol. The van der Waals surface area contributed by atoms with Crippen LogP contribution in [0.1, 0.15) is 27.7 Å². The van der Waals surface area contributed by atoms with E-state index in [0.717, 1.165) is 5.03 Å². The molecule has 2 aromatic rings. The van der Waals surface area contributed by atoms with Crippen molar-refractivity contribution in [2.45, 2.75) is 44.8 Å². The summed E-state index contributed by atoms with van der Waals surface area (Å²) in [5, 5.41) is 2.40. The van der Waals surface area contributed by atoms with Crippen LogP contribution in [0.2, 0.25) is 0 Å². The Hall–Kier alpha value is -0.580. The number of aromatic nitrogens is 1. The van der Waals surface area contributed by atoms with Crippen molar-refractivity contribution in [2.24, 2.45) is 0 Å². The molecular formula is C13H18N2S2. The maximum Gasteiger partial charge on any atom is 0.133 e. The summed E-state index contributed by atoms with van der Waals surface area (Å²) in [5.41, 5.74) is 0. The van der Waals surface area contributed by atoms with E-state index in [1.54, 1.807) is 23.5 Å². The van der Waals surface area contributed by atoms with Crippen LogP contribution in [-0.2, 0) is 0 Å². The Morgan fingerprint density at radius 3 is 2.41 bits per heavy atom. The molecule has 0 spiro atoms. The van der Waals surface area contributed by atoms with Crippen molar-refractivity contribution in [2.75, 3.05) is 0 Å². The van der Waals surface area contributed by atoms with E-state index in [0.29, 0.717) is 12.1 Å². The van der Waals surface area contributed by atoms with Crippen molar-refractivity contribution < 1.29 is 0 Å². The summed E-state index contributed by atoms with van der Waals surface area (Å²) in [6.45, 7) is 8.90. The molecule has 2 rings (SSSR count). The Balaban J connectivity index is 2.28. The maximum absolute atomic E-state index is 4.56. The van der Waals surface area contributed by atoms with Gasteiger partial charge in [0.05, 0.1) is 4.70 Å². The highest BCUT2D eigenvalue weighted by atomic mass is 32.2. The molecule has 0 unspecified atom stereocenters. The molecule has 1 aromatic carbocycles. The summed E-state index contributed by atoms with van der Waals surface area (Å²) in [6.07, 6.45) is 0. The molecule has 1 aromatic heterocycles. The third-order valence-corrected chi connectivity index (χ3v) is 5.03. The first-order valence-electron chi connectivity index (χ1n) is 5.90. The van der Waals surface area contributed by atoms with Gasteiger partial charge in [0.25, 0.3) is 0 Å². The quantitative estimate of drug-likeness (QED) is 0.762. The van der Waals surface area contributed by atoms with Crippen LogP contribution in [0.3, 0.4) is 0 Å². The summed E-state index contributed by atoms with van der Waals surface area (Å²) in [6, 6.07) is 9.46. The summed E-state index contributed by atoms with van der Waals surface area (Å²) >= 11 is 3.36. The van der Waals surface area contributed by atoms with E-state index in [-0.39, 0.29) is 0 Å². The average Bonchev–Trinajstić information content (AvgIpc) is 2.68. The van der Waals surface area contributed by atoms with Gasteiger partial charge in [0, 0.05) is 17.5 Å². The Morgan fingerprint density at radius 1 is 1.12 bits per heavy atom. The molecule has 0 saturated heterocycles. The lowest BCUT2D eigenvalue weighted by Crippen LogP contribution is -2.30. The number of hydrogen-bond donors (Lipinski definition) is 0. The second-order valence-electron chi connectivity index (χ2n) is 4.62. The zero-order chi connectivity index (χ0) is 12.4. The Kier molecular flexibility index (Phi) is 4.07. The van der Waals surface area contributed by atoms with Gasteiger partial charge in [0.15, 0.2) is 0 Å². The first-order chi connectivity index (χ1) is 8.09. The molecule has 2 nitrogen and oxygen atoms in total. The Labute approximate surface area is 111 Å². The van der Waals surface area contributed by atoms with E-state index in [9.17, 15) is 0 Å². The van der Waals surface area contributed by atoms with E-state index >= 15 is 0 Å². The van der Waals surface area contributed by atoms with Gasteiger partial charge < -0.3 is 0 Å². The second-order valence-corrected chi connectivity index (χ2v) is 6.42. The van der Waals surface area contributed by atoms with Crippen LogP contribution < -0.4 is 0 Å². The minimum atomic E-state index is 0.514. The highest BCUT2D eigenvalue weighted by Crippen LogP contribution is 2.34. The zero-order valence-electron chi connectivity index (χ0n) is 10.7. The molecule has 0 aliphatic carbocycles. The van der Waals surface area contributed by atoms with E-state index < -0.39 is 0 Å². The summed E-state index contributed by atoms with van der Waals surface area (Å²) in [5.74, 6) is 0. The highest BCUT2D eigenvalue weighted by Gasteiger charge is 2.17. The molecule has 0 aliphatic rings. The van der Waals surface area contributed by atoms with Crippen molar-refractivity contribution in [3.63, 3.8) is 0 Å². The smallest absolute Gasteiger partial charge is 0.133 e. The van der Waals surface area contributed by atoms with Crippen molar-refractivity contribution >= 4 is 33.6 Å². The van der Waals surface area contributed by atoms with E-state index in [4.69, 9.17) is 0 Å². The molecule has 92 valence electrons. The Morgan fingerprint density at radius 2 is 1.76 bits per heavy atom. The molecule has 0 N–H and O–H groups in total. The summed E-state index contributed by atoms with van der Waals surface area (Å²) < 4.78 is 8.22. The topological polar surface area (TPSA) is 16.1 Å². The SMILES string of the molecule is CC(C)N(Sc1nsc2ccccc12)C(C)C. The van der Waals surface area contributed by atoms with Gasteiger partial charge in [-0.25, -0.2) is 4.31 Å². The van der Waals surface area contributed by atoms with E-state index in [1.165, 1.54) is 10.1 Å². The fourth-order valence-corrected chi connectivity index (χ4v) is 3.73. The second kappa shape index (κ2) is 5.38. The molecule has 1 heterocycles. The lowest BCUT2D eigenvalue weighted by molar-refractivity contribution is 0.335. The van der Waals surface area contributed by atoms with E-state index in [2.05, 4.69) is 60.6 Å². The third-order valence-electron chi connectivity index (χ3n) is 2.55. The van der Waals surface area contributed by atoms with Crippen LogP contribution in [0.4, 0.5) is 0 Å². The molecule has 0 aliphatic heterocycles. The third kappa shape index (κ3) is 2.81. The molecule has 0 saturated carbocycles. The zero-order valence-corrected chi connectivity index (χ0v) is 12.3. The maximum atomic E-state index is 4.56. The van der Waals surface area contributed by atoms with Gasteiger partial charge >= 0.3 is 0 Å². The number of benzene rings is 1. The summed E-state index contributed by atoms with van der Waals surface area (Å²) in [7, 11) is 0. The first-order valence-corrected chi connectivity index (χ1v) is 7.45. The molecule has 4 heteroatoms. The average molecular weight is 266 g/mol. The molecular weight excluding hydrogens is 248 g/mol. The van der Waals surface area contributed by atoms with Crippen LogP contribution in [0.15, 0.2) is 29.3 Å². The van der Waals surface area contributed by atoms with Crippen molar-refractivity contribution in [1.29, 1.82) is 0 Å². The number of fused-ring (bicyclic) bond motifs is 1. The molecule has 0 atom stereocenters. The minimum Gasteiger partial charge on any atom is -0.240 e. The number of rotatable bonds is 4. The van der Waals surface area contributed by atoms with Gasteiger partial charge in [-0.1, -0.05) is 18.2 Å².